The average molecular weight is 497 g/mol. The van der Waals surface area contributed by atoms with E-state index in [0.717, 1.165) is 37.7 Å². The summed E-state index contributed by atoms with van der Waals surface area (Å²) in [5, 5.41) is 0.893. The Bertz CT molecular complexity index is 1510. The molecule has 5 rings (SSSR count). The van der Waals surface area contributed by atoms with Crippen molar-refractivity contribution in [3.63, 3.8) is 0 Å². The van der Waals surface area contributed by atoms with Crippen LogP contribution in [0.1, 0.15) is 25.3 Å². The number of hydrogen-bond acceptors (Lipinski definition) is 4. The van der Waals surface area contributed by atoms with Crippen LogP contribution in [0.15, 0.2) is 65.1 Å². The molecule has 5 aromatic rings. The minimum Gasteiger partial charge on any atom is -0.481 e. The molecule has 0 aliphatic carbocycles. The van der Waals surface area contributed by atoms with E-state index in [1.807, 2.05) is 36.4 Å². The first-order valence-electron chi connectivity index (χ1n) is 10.7. The molecule has 2 heterocycles. The number of halogens is 1. The highest BCUT2D eigenvalue weighted by Gasteiger charge is 2.15. The van der Waals surface area contributed by atoms with Crippen LogP contribution in [0.2, 0.25) is 0 Å². The molecule has 0 radical (unpaired) electrons. The molecule has 0 atom stereocenters. The number of nitrogens with one attached hydrogen (secondary N) is 1. The quantitative estimate of drug-likeness (QED) is 0.273. The zero-order valence-electron chi connectivity index (χ0n) is 18.3. The Labute approximate surface area is 200 Å². The summed E-state index contributed by atoms with van der Waals surface area (Å²) in [7, 11) is 0. The third kappa shape index (κ3) is 4.20. The van der Waals surface area contributed by atoms with Gasteiger partial charge in [-0.25, -0.2) is 15.0 Å². The molecule has 162 valence electrons. The Morgan fingerprint density at radius 2 is 1.76 bits per heavy atom. The van der Waals surface area contributed by atoms with Crippen molar-refractivity contribution in [1.82, 2.24) is 19.9 Å². The van der Waals surface area contributed by atoms with Crippen molar-refractivity contribution in [2.45, 2.75) is 19.8 Å². The Balaban J connectivity index is 1.70. The number of ether oxygens (including phenoxy) is 1. The first kappa shape index (κ1) is 21.2. The standard InChI is InChI=1S/C27H21BrN4O/c1-4-13-33-20-10-12-22-21(15-20)25(18-7-5-17(6-8-18)16(2)3)32-27(29-22)26-30-23-11-9-19(28)14-24(23)31-26/h1,5-12,14-16H,13H2,2-3H3,(H,30,31). The van der Waals surface area contributed by atoms with Gasteiger partial charge in [0.15, 0.2) is 11.6 Å². The number of imidazole rings is 1. The van der Waals surface area contributed by atoms with Gasteiger partial charge in [0, 0.05) is 15.4 Å². The Kier molecular flexibility index (Phi) is 5.57. The van der Waals surface area contributed by atoms with E-state index in [4.69, 9.17) is 26.1 Å². The highest BCUT2D eigenvalue weighted by Crippen LogP contribution is 2.32. The molecule has 33 heavy (non-hydrogen) atoms. The fraction of sp³-hybridized carbons (Fsp3) is 0.148. The summed E-state index contributed by atoms with van der Waals surface area (Å²) in [6, 6.07) is 20.2. The van der Waals surface area contributed by atoms with Crippen LogP contribution in [0.25, 0.3) is 44.8 Å². The van der Waals surface area contributed by atoms with Crippen molar-refractivity contribution >= 4 is 37.9 Å². The second-order valence-electron chi connectivity index (χ2n) is 8.09. The zero-order valence-corrected chi connectivity index (χ0v) is 19.8. The molecule has 0 bridgehead atoms. The lowest BCUT2D eigenvalue weighted by Crippen LogP contribution is -1.98. The maximum absolute atomic E-state index is 5.66. The number of H-pyrrole nitrogens is 1. The maximum Gasteiger partial charge on any atom is 0.196 e. The maximum atomic E-state index is 5.66. The van der Waals surface area contributed by atoms with Crippen molar-refractivity contribution in [1.29, 1.82) is 0 Å². The van der Waals surface area contributed by atoms with Crippen molar-refractivity contribution < 1.29 is 4.74 Å². The normalized spacial score (nSPS) is 11.2. The van der Waals surface area contributed by atoms with Crippen LogP contribution in [0.3, 0.4) is 0 Å². The van der Waals surface area contributed by atoms with E-state index in [-0.39, 0.29) is 6.61 Å². The largest absolute Gasteiger partial charge is 0.481 e. The Morgan fingerprint density at radius 3 is 2.52 bits per heavy atom. The molecular weight excluding hydrogens is 476 g/mol. The van der Waals surface area contributed by atoms with Crippen molar-refractivity contribution in [3.8, 4) is 41.0 Å². The lowest BCUT2D eigenvalue weighted by atomic mass is 9.99. The van der Waals surface area contributed by atoms with Crippen LogP contribution in [-0.4, -0.2) is 26.5 Å². The number of rotatable bonds is 5. The van der Waals surface area contributed by atoms with Gasteiger partial charge in [0.1, 0.15) is 12.4 Å². The minimum absolute atomic E-state index is 0.206. The van der Waals surface area contributed by atoms with E-state index >= 15 is 0 Å². The SMILES string of the molecule is C#CCOc1ccc2nc(-c3nc4ccc(Br)cc4[nH]3)nc(-c3ccc(C(C)C)cc3)c2c1. The summed E-state index contributed by atoms with van der Waals surface area (Å²) in [5.74, 6) is 4.80. The number of hydrogen-bond donors (Lipinski definition) is 1. The van der Waals surface area contributed by atoms with Gasteiger partial charge in [-0.15, -0.1) is 6.42 Å². The first-order valence-corrected chi connectivity index (χ1v) is 11.4. The van der Waals surface area contributed by atoms with Gasteiger partial charge >= 0.3 is 0 Å². The molecule has 0 unspecified atom stereocenters. The van der Waals surface area contributed by atoms with Gasteiger partial charge in [-0.3, -0.25) is 0 Å². The molecule has 0 aliphatic rings. The fourth-order valence-corrected chi connectivity index (χ4v) is 4.12. The topological polar surface area (TPSA) is 63.7 Å². The Hall–Kier alpha value is -3.69. The highest BCUT2D eigenvalue weighted by molar-refractivity contribution is 9.10. The molecule has 2 aromatic heterocycles. The van der Waals surface area contributed by atoms with E-state index in [1.165, 1.54) is 5.56 Å². The third-order valence-electron chi connectivity index (χ3n) is 5.50. The summed E-state index contributed by atoms with van der Waals surface area (Å²) in [5.41, 5.74) is 5.68. The average Bonchev–Trinajstić information content (AvgIpc) is 3.25. The summed E-state index contributed by atoms with van der Waals surface area (Å²) >= 11 is 3.51. The number of aromatic amines is 1. The molecule has 0 fully saturated rings. The van der Waals surface area contributed by atoms with Gasteiger partial charge in [0.05, 0.1) is 22.2 Å². The molecule has 0 amide bonds. The predicted octanol–water partition coefficient (Wildman–Crippen LogP) is 6.74. The van der Waals surface area contributed by atoms with Crippen LogP contribution in [0, 0.1) is 12.3 Å². The van der Waals surface area contributed by atoms with Crippen LogP contribution in [-0.2, 0) is 0 Å². The van der Waals surface area contributed by atoms with Gasteiger partial charge < -0.3 is 9.72 Å². The lowest BCUT2D eigenvalue weighted by molar-refractivity contribution is 0.371. The Morgan fingerprint density at radius 1 is 0.970 bits per heavy atom. The molecule has 0 spiro atoms. The first-order chi connectivity index (χ1) is 16.0. The second-order valence-corrected chi connectivity index (χ2v) is 9.01. The minimum atomic E-state index is 0.206. The van der Waals surface area contributed by atoms with Crippen LogP contribution >= 0.6 is 15.9 Å². The summed E-state index contributed by atoms with van der Waals surface area (Å²) in [6.07, 6.45) is 5.36. The molecule has 0 saturated heterocycles. The van der Waals surface area contributed by atoms with Crippen molar-refractivity contribution in [2.75, 3.05) is 6.61 Å². The van der Waals surface area contributed by atoms with E-state index < -0.39 is 0 Å². The van der Waals surface area contributed by atoms with Crippen molar-refractivity contribution in [2.24, 2.45) is 0 Å². The lowest BCUT2D eigenvalue weighted by Gasteiger charge is -2.11. The number of benzene rings is 3. The number of terminal acetylenes is 1. The van der Waals surface area contributed by atoms with E-state index in [1.54, 1.807) is 0 Å². The molecular formula is C27H21BrN4O. The molecule has 5 nitrogen and oxygen atoms in total. The molecule has 1 N–H and O–H groups in total. The van der Waals surface area contributed by atoms with Gasteiger partial charge in [-0.1, -0.05) is 60.0 Å². The molecule has 0 aliphatic heterocycles. The van der Waals surface area contributed by atoms with E-state index in [2.05, 4.69) is 64.9 Å². The predicted molar refractivity (Wildman–Crippen MR) is 136 cm³/mol. The fourth-order valence-electron chi connectivity index (χ4n) is 3.76. The van der Waals surface area contributed by atoms with E-state index in [9.17, 15) is 0 Å². The zero-order chi connectivity index (χ0) is 22.9. The van der Waals surface area contributed by atoms with E-state index in [0.29, 0.717) is 23.3 Å². The van der Waals surface area contributed by atoms with Gasteiger partial charge in [-0.05, 0) is 47.9 Å². The van der Waals surface area contributed by atoms with Crippen LogP contribution in [0.4, 0.5) is 0 Å². The van der Waals surface area contributed by atoms with Crippen LogP contribution < -0.4 is 4.74 Å². The third-order valence-corrected chi connectivity index (χ3v) is 5.99. The van der Waals surface area contributed by atoms with Gasteiger partial charge in [0.2, 0.25) is 0 Å². The second kappa shape index (κ2) is 8.68. The van der Waals surface area contributed by atoms with Crippen LogP contribution in [0.5, 0.6) is 5.75 Å². The number of aromatic nitrogens is 4. The monoisotopic (exact) mass is 496 g/mol. The smallest absolute Gasteiger partial charge is 0.196 e. The van der Waals surface area contributed by atoms with Gasteiger partial charge in [-0.2, -0.15) is 0 Å². The molecule has 3 aromatic carbocycles. The highest BCUT2D eigenvalue weighted by atomic mass is 79.9. The molecule has 0 saturated carbocycles. The van der Waals surface area contributed by atoms with Gasteiger partial charge in [0.25, 0.3) is 0 Å². The molecule has 6 heteroatoms. The summed E-state index contributed by atoms with van der Waals surface area (Å²) < 4.78 is 6.64. The number of fused-ring (bicyclic) bond motifs is 2. The summed E-state index contributed by atoms with van der Waals surface area (Å²) in [4.78, 5) is 17.8. The van der Waals surface area contributed by atoms with Crippen molar-refractivity contribution in [3.05, 3.63) is 70.7 Å². The number of nitrogens with zero attached hydrogens (tertiary/aromatic N) is 3. The summed E-state index contributed by atoms with van der Waals surface area (Å²) in [6.45, 7) is 4.57.